The predicted octanol–water partition coefficient (Wildman–Crippen LogP) is 2.96. The number of hydrogen-bond donors (Lipinski definition) is 2. The van der Waals surface area contributed by atoms with E-state index in [1.807, 2.05) is 25.1 Å². The summed E-state index contributed by atoms with van der Waals surface area (Å²) >= 11 is 6.09. The van der Waals surface area contributed by atoms with Crippen LogP contribution in [0.15, 0.2) is 24.4 Å². The molecule has 4 heteroatoms. The van der Waals surface area contributed by atoms with Gasteiger partial charge in [-0.15, -0.1) is 0 Å². The number of benzene rings is 1. The summed E-state index contributed by atoms with van der Waals surface area (Å²) in [6, 6.07) is 5.89. The number of hydrogen-bond acceptors (Lipinski definition) is 3. The molecular weight excluding hydrogens is 234 g/mol. The van der Waals surface area contributed by atoms with E-state index in [2.05, 4.69) is 10.3 Å². The van der Waals surface area contributed by atoms with E-state index in [1.54, 1.807) is 6.20 Å². The Morgan fingerprint density at radius 3 is 2.94 bits per heavy atom. The van der Waals surface area contributed by atoms with Crippen LogP contribution in [0.4, 0.5) is 5.69 Å². The number of nitrogens with zero attached hydrogens (tertiary/aromatic N) is 1. The maximum absolute atomic E-state index is 6.09. The molecule has 0 unspecified atom stereocenters. The zero-order chi connectivity index (χ0) is 12.3. The van der Waals surface area contributed by atoms with E-state index in [1.165, 1.54) is 0 Å². The molecule has 0 aliphatic heterocycles. The van der Waals surface area contributed by atoms with Crippen molar-refractivity contribution in [1.82, 2.24) is 4.98 Å². The third-order valence-electron chi connectivity index (χ3n) is 2.80. The van der Waals surface area contributed by atoms with Crippen LogP contribution in [0.5, 0.6) is 0 Å². The summed E-state index contributed by atoms with van der Waals surface area (Å²) in [5, 5.41) is 5.23. The summed E-state index contributed by atoms with van der Waals surface area (Å²) in [5.74, 6) is 0. The van der Waals surface area contributed by atoms with E-state index >= 15 is 0 Å². The van der Waals surface area contributed by atoms with Gasteiger partial charge in [0.05, 0.1) is 5.52 Å². The van der Waals surface area contributed by atoms with E-state index < -0.39 is 0 Å². The molecule has 0 fully saturated rings. The van der Waals surface area contributed by atoms with Crippen molar-refractivity contribution in [2.75, 3.05) is 18.4 Å². The molecular formula is C13H16ClN3. The molecule has 2 rings (SSSR count). The average Bonchev–Trinajstić information content (AvgIpc) is 2.35. The maximum Gasteiger partial charge on any atom is 0.0766 e. The first-order valence-corrected chi connectivity index (χ1v) is 6.09. The molecule has 0 saturated heterocycles. The van der Waals surface area contributed by atoms with Crippen molar-refractivity contribution in [1.29, 1.82) is 0 Å². The van der Waals surface area contributed by atoms with E-state index in [4.69, 9.17) is 17.3 Å². The summed E-state index contributed by atoms with van der Waals surface area (Å²) in [6.45, 7) is 3.56. The molecule has 17 heavy (non-hydrogen) atoms. The maximum atomic E-state index is 6.09. The Morgan fingerprint density at radius 2 is 2.18 bits per heavy atom. The first kappa shape index (κ1) is 12.1. The van der Waals surface area contributed by atoms with E-state index in [0.29, 0.717) is 6.54 Å². The lowest BCUT2D eigenvalue weighted by molar-refractivity contribution is 0.875. The molecule has 3 nitrogen and oxygen atoms in total. The van der Waals surface area contributed by atoms with Crippen molar-refractivity contribution in [3.63, 3.8) is 0 Å². The number of fused-ring (bicyclic) bond motifs is 1. The third kappa shape index (κ3) is 2.51. The second-order valence-corrected chi connectivity index (χ2v) is 4.40. The number of aromatic nitrogens is 1. The van der Waals surface area contributed by atoms with Gasteiger partial charge in [0.2, 0.25) is 0 Å². The van der Waals surface area contributed by atoms with Gasteiger partial charge in [-0.05, 0) is 43.7 Å². The van der Waals surface area contributed by atoms with E-state index in [9.17, 15) is 0 Å². The molecule has 1 heterocycles. The Hall–Kier alpha value is -1.32. The first-order valence-electron chi connectivity index (χ1n) is 5.72. The Kier molecular flexibility index (Phi) is 3.82. The van der Waals surface area contributed by atoms with Crippen LogP contribution in [0.1, 0.15) is 12.0 Å². The number of nitrogens with two attached hydrogens (primary N) is 1. The van der Waals surface area contributed by atoms with Gasteiger partial charge in [0, 0.05) is 28.8 Å². The van der Waals surface area contributed by atoms with Crippen LogP contribution in [-0.4, -0.2) is 18.1 Å². The van der Waals surface area contributed by atoms with Crippen LogP contribution >= 0.6 is 11.6 Å². The number of nitrogens with one attached hydrogen (secondary N) is 1. The van der Waals surface area contributed by atoms with Crippen molar-refractivity contribution in [2.24, 2.45) is 5.73 Å². The molecule has 90 valence electrons. The number of halogens is 1. The monoisotopic (exact) mass is 249 g/mol. The lowest BCUT2D eigenvalue weighted by atomic mass is 10.1. The number of rotatable bonds is 4. The van der Waals surface area contributed by atoms with Gasteiger partial charge in [-0.1, -0.05) is 11.6 Å². The summed E-state index contributed by atoms with van der Waals surface area (Å²) in [4.78, 5) is 4.38. The summed E-state index contributed by atoms with van der Waals surface area (Å²) in [5.41, 5.74) is 8.54. The molecule has 1 aromatic heterocycles. The lowest BCUT2D eigenvalue weighted by Gasteiger charge is -2.10. The second-order valence-electron chi connectivity index (χ2n) is 4.00. The van der Waals surface area contributed by atoms with E-state index in [0.717, 1.165) is 40.1 Å². The molecule has 2 aromatic rings. The molecule has 1 aromatic carbocycles. The summed E-state index contributed by atoms with van der Waals surface area (Å²) < 4.78 is 0. The first-order chi connectivity index (χ1) is 8.24. The van der Waals surface area contributed by atoms with Gasteiger partial charge in [-0.3, -0.25) is 4.98 Å². The van der Waals surface area contributed by atoms with E-state index in [-0.39, 0.29) is 0 Å². The number of pyridine rings is 1. The smallest absolute Gasteiger partial charge is 0.0766 e. The van der Waals surface area contributed by atoms with Crippen molar-refractivity contribution in [2.45, 2.75) is 13.3 Å². The van der Waals surface area contributed by atoms with Gasteiger partial charge in [0.15, 0.2) is 0 Å². The minimum Gasteiger partial charge on any atom is -0.384 e. The molecule has 0 saturated carbocycles. The SMILES string of the molecule is Cc1c(Cl)ccc2c(NCCCN)ccnc12. The van der Waals surface area contributed by atoms with Gasteiger partial charge in [-0.25, -0.2) is 0 Å². The number of anilines is 1. The Balaban J connectivity index is 2.40. The summed E-state index contributed by atoms with van der Waals surface area (Å²) in [7, 11) is 0. The number of aryl methyl sites for hydroxylation is 1. The van der Waals surface area contributed by atoms with Crippen LogP contribution < -0.4 is 11.1 Å². The minimum absolute atomic E-state index is 0.695. The van der Waals surface area contributed by atoms with Crippen molar-refractivity contribution in [3.8, 4) is 0 Å². The highest BCUT2D eigenvalue weighted by molar-refractivity contribution is 6.32. The zero-order valence-corrected chi connectivity index (χ0v) is 10.6. The Bertz CT molecular complexity index is 525. The zero-order valence-electron chi connectivity index (χ0n) is 9.83. The fourth-order valence-corrected chi connectivity index (χ4v) is 1.97. The van der Waals surface area contributed by atoms with Crippen LogP contribution in [-0.2, 0) is 0 Å². The lowest BCUT2D eigenvalue weighted by Crippen LogP contribution is -2.08. The van der Waals surface area contributed by atoms with Crippen LogP contribution in [0, 0.1) is 6.92 Å². The predicted molar refractivity (Wildman–Crippen MR) is 73.7 cm³/mol. The van der Waals surface area contributed by atoms with Crippen LogP contribution in [0.25, 0.3) is 10.9 Å². The van der Waals surface area contributed by atoms with Gasteiger partial charge in [-0.2, -0.15) is 0 Å². The molecule has 0 bridgehead atoms. The van der Waals surface area contributed by atoms with Gasteiger partial charge < -0.3 is 11.1 Å². The Labute approximate surface area is 106 Å². The van der Waals surface area contributed by atoms with Crippen molar-refractivity contribution < 1.29 is 0 Å². The van der Waals surface area contributed by atoms with Gasteiger partial charge in [0.25, 0.3) is 0 Å². The average molecular weight is 250 g/mol. The molecule has 0 spiro atoms. The Morgan fingerprint density at radius 1 is 1.35 bits per heavy atom. The molecule has 0 amide bonds. The second kappa shape index (κ2) is 5.34. The van der Waals surface area contributed by atoms with Gasteiger partial charge in [0.1, 0.15) is 0 Å². The van der Waals surface area contributed by atoms with Crippen molar-refractivity contribution in [3.05, 3.63) is 35.0 Å². The fourth-order valence-electron chi connectivity index (χ4n) is 1.81. The highest BCUT2D eigenvalue weighted by atomic mass is 35.5. The van der Waals surface area contributed by atoms with Crippen molar-refractivity contribution >= 4 is 28.2 Å². The largest absolute Gasteiger partial charge is 0.384 e. The standard InChI is InChI=1S/C13H16ClN3/c1-9-11(14)4-3-10-12(16-7-2-6-15)5-8-17-13(9)10/h3-5,8H,2,6-7,15H2,1H3,(H,16,17). The molecule has 0 atom stereocenters. The minimum atomic E-state index is 0.695. The van der Waals surface area contributed by atoms with Crippen LogP contribution in [0.3, 0.4) is 0 Å². The summed E-state index contributed by atoms with van der Waals surface area (Å²) in [6.07, 6.45) is 2.76. The molecule has 0 aliphatic carbocycles. The molecule has 3 N–H and O–H groups in total. The molecule has 0 aliphatic rings. The third-order valence-corrected chi connectivity index (χ3v) is 3.21. The van der Waals surface area contributed by atoms with Crippen LogP contribution in [0.2, 0.25) is 5.02 Å². The highest BCUT2D eigenvalue weighted by Gasteiger charge is 2.06. The quantitative estimate of drug-likeness (QED) is 0.820. The topological polar surface area (TPSA) is 50.9 Å². The van der Waals surface area contributed by atoms with Gasteiger partial charge >= 0.3 is 0 Å². The highest BCUT2D eigenvalue weighted by Crippen LogP contribution is 2.28. The normalized spacial score (nSPS) is 10.8. The molecule has 0 radical (unpaired) electrons. The fraction of sp³-hybridized carbons (Fsp3) is 0.308.